The Balaban J connectivity index is 1.38. The van der Waals surface area contributed by atoms with Crippen LogP contribution in [0.3, 0.4) is 0 Å². The van der Waals surface area contributed by atoms with E-state index in [4.69, 9.17) is 14.2 Å². The number of hydrogen-bond acceptors (Lipinski definition) is 8. The van der Waals surface area contributed by atoms with E-state index in [1.54, 1.807) is 60.5 Å². The number of anilines is 1. The van der Waals surface area contributed by atoms with E-state index in [0.29, 0.717) is 29.1 Å². The van der Waals surface area contributed by atoms with Crippen LogP contribution in [0.5, 0.6) is 5.75 Å². The molecule has 8 rings (SSSR count). The van der Waals surface area contributed by atoms with E-state index in [-0.39, 0.29) is 24.2 Å². The fraction of sp³-hybridized carbons (Fsp3) is 0.382. The molecule has 220 valence electrons. The summed E-state index contributed by atoms with van der Waals surface area (Å²) < 4.78 is 17.7. The number of amides is 1. The van der Waals surface area contributed by atoms with Crippen LogP contribution in [-0.4, -0.2) is 72.2 Å². The molecule has 0 bridgehead atoms. The second-order valence-corrected chi connectivity index (χ2v) is 12.2. The molecule has 7 atom stereocenters. The summed E-state index contributed by atoms with van der Waals surface area (Å²) in [6.07, 6.45) is 0.828. The average Bonchev–Trinajstić information content (AvgIpc) is 3.71. The quantitative estimate of drug-likeness (QED) is 0.362. The van der Waals surface area contributed by atoms with Crippen LogP contribution in [-0.2, 0) is 24.8 Å². The molecule has 1 spiro atoms. The van der Waals surface area contributed by atoms with Crippen molar-refractivity contribution in [1.29, 1.82) is 0 Å². The van der Waals surface area contributed by atoms with Crippen molar-refractivity contribution < 1.29 is 33.7 Å². The van der Waals surface area contributed by atoms with Crippen molar-refractivity contribution in [2.45, 2.75) is 54.7 Å². The topological polar surface area (TPSA) is 106 Å². The van der Waals surface area contributed by atoms with Gasteiger partial charge in [0.15, 0.2) is 11.3 Å². The first kappa shape index (κ1) is 26.6. The van der Waals surface area contributed by atoms with Crippen LogP contribution in [0.4, 0.5) is 5.69 Å². The Hall–Kier alpha value is -4.05. The molecule has 5 aliphatic rings. The second-order valence-electron chi connectivity index (χ2n) is 12.2. The first-order chi connectivity index (χ1) is 20.8. The highest BCUT2D eigenvalue weighted by Gasteiger charge is 2.90. The molecule has 1 N–H and O–H groups in total. The van der Waals surface area contributed by atoms with Gasteiger partial charge in [-0.1, -0.05) is 54.6 Å². The van der Waals surface area contributed by atoms with Gasteiger partial charge < -0.3 is 24.2 Å². The van der Waals surface area contributed by atoms with E-state index in [0.717, 1.165) is 18.4 Å². The highest BCUT2D eigenvalue weighted by Crippen LogP contribution is 2.72. The lowest BCUT2D eigenvalue weighted by Gasteiger charge is -2.53. The molecule has 0 aromatic heterocycles. The Morgan fingerprint density at radius 3 is 2.42 bits per heavy atom. The maximum Gasteiger partial charge on any atom is 0.317 e. The van der Waals surface area contributed by atoms with Gasteiger partial charge in [-0.15, -0.1) is 0 Å². The molecule has 9 nitrogen and oxygen atoms in total. The molecule has 1 amide bonds. The number of esters is 1. The van der Waals surface area contributed by atoms with Crippen LogP contribution in [0, 0.1) is 5.41 Å². The number of ketones is 1. The van der Waals surface area contributed by atoms with Crippen LogP contribution in [0.15, 0.2) is 78.9 Å². The zero-order valence-electron chi connectivity index (χ0n) is 23.9. The molecule has 4 fully saturated rings. The highest BCUT2D eigenvalue weighted by molar-refractivity contribution is 6.14. The van der Waals surface area contributed by atoms with Crippen LogP contribution in [0.25, 0.3) is 0 Å². The Morgan fingerprint density at radius 2 is 1.70 bits per heavy atom. The summed E-state index contributed by atoms with van der Waals surface area (Å²) in [4.78, 5) is 46.9. The van der Waals surface area contributed by atoms with Gasteiger partial charge in [0.25, 0.3) is 0 Å². The van der Waals surface area contributed by atoms with Gasteiger partial charge in [-0.05, 0) is 55.6 Å². The number of fused-ring (bicyclic) bond motifs is 3. The predicted molar refractivity (Wildman–Crippen MR) is 155 cm³/mol. The lowest BCUT2D eigenvalue weighted by Crippen LogP contribution is -2.71. The summed E-state index contributed by atoms with van der Waals surface area (Å²) in [5, 5.41) is 12.8. The molecule has 3 aromatic carbocycles. The summed E-state index contributed by atoms with van der Waals surface area (Å²) in [5.41, 5.74) is -1.24. The summed E-state index contributed by atoms with van der Waals surface area (Å²) in [7, 11) is 2.89. The molecule has 0 radical (unpaired) electrons. The van der Waals surface area contributed by atoms with Crippen molar-refractivity contribution in [2.75, 3.05) is 25.7 Å². The number of rotatable bonds is 5. The van der Waals surface area contributed by atoms with Gasteiger partial charge in [0.2, 0.25) is 11.7 Å². The summed E-state index contributed by atoms with van der Waals surface area (Å²) in [5.74, 6) is -3.25. The molecule has 1 aliphatic carbocycles. The maximum atomic E-state index is 14.8. The molecule has 4 saturated heterocycles. The van der Waals surface area contributed by atoms with E-state index in [9.17, 15) is 19.5 Å². The van der Waals surface area contributed by atoms with Gasteiger partial charge in [0, 0.05) is 22.9 Å². The van der Waals surface area contributed by atoms with Crippen LogP contribution in [0.1, 0.15) is 46.7 Å². The normalized spacial score (nSPS) is 35.7. The van der Waals surface area contributed by atoms with E-state index in [2.05, 4.69) is 0 Å². The molecule has 4 aliphatic heterocycles. The lowest BCUT2D eigenvalue weighted by molar-refractivity contribution is -0.241. The van der Waals surface area contributed by atoms with Crippen molar-refractivity contribution in [2.24, 2.45) is 5.41 Å². The second kappa shape index (κ2) is 8.98. The largest absolute Gasteiger partial charge is 0.497 e. The van der Waals surface area contributed by atoms with Crippen molar-refractivity contribution in [3.63, 3.8) is 0 Å². The minimum absolute atomic E-state index is 0.129. The molecular formula is C34H32N2O7. The number of carbonyl (C=O) groups is 3. The van der Waals surface area contributed by atoms with E-state index < -0.39 is 40.8 Å². The van der Waals surface area contributed by atoms with E-state index in [1.807, 2.05) is 35.2 Å². The number of methoxy groups -OCH3 is 2. The van der Waals surface area contributed by atoms with Crippen LogP contribution < -0.4 is 9.64 Å². The first-order valence-corrected chi connectivity index (χ1v) is 14.8. The zero-order chi connectivity index (χ0) is 29.7. The summed E-state index contributed by atoms with van der Waals surface area (Å²) in [6.45, 7) is 0.537. The van der Waals surface area contributed by atoms with Crippen molar-refractivity contribution in [3.8, 4) is 5.75 Å². The fourth-order valence-electron chi connectivity index (χ4n) is 9.12. The third-order valence-corrected chi connectivity index (χ3v) is 10.7. The minimum Gasteiger partial charge on any atom is -0.497 e. The molecule has 43 heavy (non-hydrogen) atoms. The number of Topliss-reactive ketones (excluding diaryl/α,β-unsaturated/α-hetero) is 1. The number of benzene rings is 3. The van der Waals surface area contributed by atoms with Gasteiger partial charge in [-0.25, -0.2) is 0 Å². The maximum absolute atomic E-state index is 14.8. The molecule has 9 heteroatoms. The standard InChI is InChI=1S/C34H32N2O7/c1-41-23-16-14-21(15-17-23)36-27(26(30(36)38)20-9-4-3-5-10-20)29-32(31(39)42-2)19-22-11-8-18-35(22)33(32)28(37)24-12-6-7-13-25(24)34(33,40)43-29/h3-7,9-10,12-17,22,26-27,29,40H,8,11,18-19H2,1-2H3/t22-,26-,27+,29-,32+,33+,34-/m1/s1. The molecular weight excluding hydrogens is 548 g/mol. The molecule has 3 aromatic rings. The van der Waals surface area contributed by atoms with Crippen LogP contribution in [0.2, 0.25) is 0 Å². The minimum atomic E-state index is -2.12. The molecule has 0 unspecified atom stereocenters. The SMILES string of the molecule is COC(=O)[C@@]12C[C@H]3CCCN3[C@@]13C(=O)c1ccccc1[C@@]3(O)O[C@@H]2[C@@H]1[C@@H](c2ccccc2)C(=O)N1c1ccc(OC)cc1. The Kier molecular flexibility index (Phi) is 5.55. The first-order valence-electron chi connectivity index (χ1n) is 14.8. The summed E-state index contributed by atoms with van der Waals surface area (Å²) >= 11 is 0. The number of ether oxygens (including phenoxy) is 3. The van der Waals surface area contributed by atoms with E-state index in [1.165, 1.54) is 7.11 Å². The summed E-state index contributed by atoms with van der Waals surface area (Å²) in [6, 6.07) is 22.6. The molecule has 4 heterocycles. The van der Waals surface area contributed by atoms with Crippen molar-refractivity contribution >= 4 is 23.3 Å². The number of hydrogen-bond donors (Lipinski definition) is 1. The zero-order valence-corrected chi connectivity index (χ0v) is 23.9. The van der Waals surface area contributed by atoms with Crippen molar-refractivity contribution in [1.82, 2.24) is 4.90 Å². The average molecular weight is 581 g/mol. The van der Waals surface area contributed by atoms with Gasteiger partial charge in [0.1, 0.15) is 17.3 Å². The van der Waals surface area contributed by atoms with Gasteiger partial charge in [0.05, 0.1) is 26.2 Å². The van der Waals surface area contributed by atoms with Gasteiger partial charge >= 0.3 is 5.97 Å². The smallest absolute Gasteiger partial charge is 0.317 e. The predicted octanol–water partition coefficient (Wildman–Crippen LogP) is 3.40. The Bertz CT molecular complexity index is 1660. The lowest BCUT2D eigenvalue weighted by atomic mass is 9.59. The Morgan fingerprint density at radius 1 is 0.977 bits per heavy atom. The number of carbonyl (C=O) groups excluding carboxylic acids is 3. The van der Waals surface area contributed by atoms with Crippen molar-refractivity contribution in [3.05, 3.63) is 95.6 Å². The fourth-order valence-corrected chi connectivity index (χ4v) is 9.12. The third-order valence-electron chi connectivity index (χ3n) is 10.7. The number of β-lactam (4-membered cyclic amide) rings is 1. The number of aliphatic hydroxyl groups is 1. The van der Waals surface area contributed by atoms with Gasteiger partial charge in [-0.3, -0.25) is 19.3 Å². The van der Waals surface area contributed by atoms with Gasteiger partial charge in [-0.2, -0.15) is 0 Å². The van der Waals surface area contributed by atoms with E-state index >= 15 is 0 Å². The molecule has 0 saturated carbocycles. The Labute approximate surface area is 248 Å². The highest BCUT2D eigenvalue weighted by atomic mass is 16.7. The monoisotopic (exact) mass is 580 g/mol. The van der Waals surface area contributed by atoms with Crippen LogP contribution >= 0.6 is 0 Å². The number of nitrogens with zero attached hydrogens (tertiary/aromatic N) is 2. The third kappa shape index (κ3) is 2.95.